The number of benzene rings is 1. The van der Waals surface area contributed by atoms with Gasteiger partial charge in [-0.05, 0) is 18.6 Å². The number of nitrogens with one attached hydrogen (secondary N) is 1. The molecule has 0 saturated heterocycles. The molecule has 0 saturated carbocycles. The molecule has 18 heavy (non-hydrogen) atoms. The second-order valence-corrected chi connectivity index (χ2v) is 4.14. The highest BCUT2D eigenvalue weighted by molar-refractivity contribution is 5.30. The zero-order valence-corrected chi connectivity index (χ0v) is 10.3. The molecule has 2 aromatic rings. The van der Waals surface area contributed by atoms with E-state index in [0.717, 1.165) is 5.56 Å². The van der Waals surface area contributed by atoms with Gasteiger partial charge in [0.1, 0.15) is 11.8 Å². The van der Waals surface area contributed by atoms with E-state index in [1.54, 1.807) is 6.20 Å². The van der Waals surface area contributed by atoms with Crippen molar-refractivity contribution in [1.29, 1.82) is 5.26 Å². The van der Waals surface area contributed by atoms with Crippen molar-refractivity contribution in [1.82, 2.24) is 10.3 Å². The smallest absolute Gasteiger partial charge is 0.144 e. The largest absolute Gasteiger partial charge is 0.306 e. The number of aromatic nitrogens is 1. The lowest BCUT2D eigenvalue weighted by atomic mass is 10.1. The Labute approximate surface area is 107 Å². The molecule has 2 rings (SSSR count). The molecule has 0 aliphatic rings. The lowest BCUT2D eigenvalue weighted by Gasteiger charge is -2.14. The standard InChI is InChI=1S/C15H15N3/c1-12(13-6-3-2-4-7-13)18-11-14-8-5-9-17-15(14)10-16/h2-9,12,18H,11H2,1H3. The third kappa shape index (κ3) is 2.93. The third-order valence-corrected chi connectivity index (χ3v) is 2.90. The van der Waals surface area contributed by atoms with Gasteiger partial charge in [0.05, 0.1) is 0 Å². The van der Waals surface area contributed by atoms with Gasteiger partial charge in [-0.2, -0.15) is 5.26 Å². The van der Waals surface area contributed by atoms with E-state index in [2.05, 4.69) is 35.4 Å². The molecule has 1 aromatic heterocycles. The molecule has 3 heteroatoms. The average molecular weight is 237 g/mol. The van der Waals surface area contributed by atoms with Gasteiger partial charge in [0.15, 0.2) is 0 Å². The summed E-state index contributed by atoms with van der Waals surface area (Å²) in [5.74, 6) is 0. The maximum absolute atomic E-state index is 8.96. The summed E-state index contributed by atoms with van der Waals surface area (Å²) in [4.78, 5) is 4.05. The van der Waals surface area contributed by atoms with Crippen molar-refractivity contribution in [2.75, 3.05) is 0 Å². The summed E-state index contributed by atoms with van der Waals surface area (Å²) in [6.45, 7) is 2.75. The van der Waals surface area contributed by atoms with Crippen LogP contribution >= 0.6 is 0 Å². The molecular weight excluding hydrogens is 222 g/mol. The first-order chi connectivity index (χ1) is 8.81. The SMILES string of the molecule is CC(NCc1cccnc1C#N)c1ccccc1. The fourth-order valence-electron chi connectivity index (χ4n) is 1.80. The molecule has 1 unspecified atom stereocenters. The van der Waals surface area contributed by atoms with Crippen LogP contribution in [0.3, 0.4) is 0 Å². The maximum atomic E-state index is 8.96. The minimum Gasteiger partial charge on any atom is -0.306 e. The number of hydrogen-bond acceptors (Lipinski definition) is 3. The highest BCUT2D eigenvalue weighted by Gasteiger charge is 2.06. The quantitative estimate of drug-likeness (QED) is 0.889. The first-order valence-electron chi connectivity index (χ1n) is 5.93. The van der Waals surface area contributed by atoms with Crippen LogP contribution in [-0.4, -0.2) is 4.98 Å². The first-order valence-corrected chi connectivity index (χ1v) is 5.93. The molecule has 0 radical (unpaired) electrons. The van der Waals surface area contributed by atoms with Crippen molar-refractivity contribution < 1.29 is 0 Å². The number of hydrogen-bond donors (Lipinski definition) is 1. The van der Waals surface area contributed by atoms with Gasteiger partial charge in [-0.3, -0.25) is 0 Å². The minimum absolute atomic E-state index is 0.248. The van der Waals surface area contributed by atoms with Crippen LogP contribution in [-0.2, 0) is 6.54 Å². The van der Waals surface area contributed by atoms with E-state index >= 15 is 0 Å². The van der Waals surface area contributed by atoms with Crippen molar-refractivity contribution in [2.24, 2.45) is 0 Å². The molecule has 1 aromatic carbocycles. The molecule has 0 bridgehead atoms. The predicted octanol–water partition coefficient (Wildman–Crippen LogP) is 2.80. The van der Waals surface area contributed by atoms with Crippen LogP contribution in [0.2, 0.25) is 0 Å². The van der Waals surface area contributed by atoms with Crippen molar-refractivity contribution in [3.63, 3.8) is 0 Å². The Morgan fingerprint density at radius 1 is 1.22 bits per heavy atom. The van der Waals surface area contributed by atoms with Crippen LogP contribution in [0, 0.1) is 11.3 Å². The Balaban J connectivity index is 2.02. The molecule has 1 heterocycles. The van der Waals surface area contributed by atoms with E-state index in [1.165, 1.54) is 5.56 Å². The number of pyridine rings is 1. The molecule has 0 spiro atoms. The van der Waals surface area contributed by atoms with E-state index < -0.39 is 0 Å². The van der Waals surface area contributed by atoms with E-state index in [0.29, 0.717) is 12.2 Å². The van der Waals surface area contributed by atoms with Crippen molar-refractivity contribution >= 4 is 0 Å². The minimum atomic E-state index is 0.248. The number of nitriles is 1. The lowest BCUT2D eigenvalue weighted by Crippen LogP contribution is -2.18. The second-order valence-electron chi connectivity index (χ2n) is 4.14. The summed E-state index contributed by atoms with van der Waals surface area (Å²) < 4.78 is 0. The van der Waals surface area contributed by atoms with E-state index in [4.69, 9.17) is 5.26 Å². The summed E-state index contributed by atoms with van der Waals surface area (Å²) in [5.41, 5.74) is 2.66. The summed E-state index contributed by atoms with van der Waals surface area (Å²) in [6, 6.07) is 16.4. The zero-order chi connectivity index (χ0) is 12.8. The predicted molar refractivity (Wildman–Crippen MR) is 70.6 cm³/mol. The van der Waals surface area contributed by atoms with Crippen LogP contribution in [0.5, 0.6) is 0 Å². The second kappa shape index (κ2) is 5.95. The topological polar surface area (TPSA) is 48.7 Å². The van der Waals surface area contributed by atoms with Crippen LogP contribution in [0.25, 0.3) is 0 Å². The Kier molecular flexibility index (Phi) is 4.06. The Morgan fingerprint density at radius 3 is 2.72 bits per heavy atom. The maximum Gasteiger partial charge on any atom is 0.144 e. The zero-order valence-electron chi connectivity index (χ0n) is 10.3. The van der Waals surface area contributed by atoms with Gasteiger partial charge in [-0.15, -0.1) is 0 Å². The van der Waals surface area contributed by atoms with Gasteiger partial charge in [-0.25, -0.2) is 4.98 Å². The van der Waals surface area contributed by atoms with E-state index in [9.17, 15) is 0 Å². The molecule has 0 fully saturated rings. The number of nitrogens with zero attached hydrogens (tertiary/aromatic N) is 2. The molecular formula is C15H15N3. The van der Waals surface area contributed by atoms with Gasteiger partial charge < -0.3 is 5.32 Å². The summed E-state index contributed by atoms with van der Waals surface area (Å²) >= 11 is 0. The summed E-state index contributed by atoms with van der Waals surface area (Å²) in [5, 5.41) is 12.4. The molecule has 1 N–H and O–H groups in total. The third-order valence-electron chi connectivity index (χ3n) is 2.90. The fourth-order valence-corrected chi connectivity index (χ4v) is 1.80. The normalized spacial score (nSPS) is 11.8. The fraction of sp³-hybridized carbons (Fsp3) is 0.200. The average Bonchev–Trinajstić information content (AvgIpc) is 2.46. The van der Waals surface area contributed by atoms with Crippen LogP contribution in [0.15, 0.2) is 48.7 Å². The van der Waals surface area contributed by atoms with Gasteiger partial charge >= 0.3 is 0 Å². The highest BCUT2D eigenvalue weighted by atomic mass is 14.9. The lowest BCUT2D eigenvalue weighted by molar-refractivity contribution is 0.573. The van der Waals surface area contributed by atoms with Gasteiger partial charge in [0.2, 0.25) is 0 Å². The van der Waals surface area contributed by atoms with Crippen LogP contribution in [0.4, 0.5) is 0 Å². The Bertz CT molecular complexity index is 543. The first kappa shape index (κ1) is 12.3. The van der Waals surface area contributed by atoms with E-state index in [1.807, 2.05) is 30.3 Å². The monoisotopic (exact) mass is 237 g/mol. The van der Waals surface area contributed by atoms with Crippen molar-refractivity contribution in [3.05, 3.63) is 65.5 Å². The van der Waals surface area contributed by atoms with Gasteiger partial charge in [0.25, 0.3) is 0 Å². The molecule has 0 aliphatic carbocycles. The Morgan fingerprint density at radius 2 is 2.00 bits per heavy atom. The van der Waals surface area contributed by atoms with E-state index in [-0.39, 0.29) is 6.04 Å². The summed E-state index contributed by atoms with van der Waals surface area (Å²) in [7, 11) is 0. The van der Waals surface area contributed by atoms with Crippen LogP contribution < -0.4 is 5.32 Å². The molecule has 90 valence electrons. The molecule has 1 atom stereocenters. The molecule has 0 amide bonds. The summed E-state index contributed by atoms with van der Waals surface area (Å²) in [6.07, 6.45) is 1.64. The molecule has 3 nitrogen and oxygen atoms in total. The molecule has 0 aliphatic heterocycles. The number of rotatable bonds is 4. The van der Waals surface area contributed by atoms with Gasteiger partial charge in [-0.1, -0.05) is 36.4 Å². The van der Waals surface area contributed by atoms with Gasteiger partial charge in [0, 0.05) is 24.3 Å². The highest BCUT2D eigenvalue weighted by Crippen LogP contribution is 2.12. The van der Waals surface area contributed by atoms with Crippen molar-refractivity contribution in [2.45, 2.75) is 19.5 Å². The van der Waals surface area contributed by atoms with Crippen LogP contribution in [0.1, 0.15) is 29.8 Å². The Hall–Kier alpha value is -2.18. The van der Waals surface area contributed by atoms with Crippen molar-refractivity contribution in [3.8, 4) is 6.07 Å².